The Labute approximate surface area is 155 Å². The van der Waals surface area contributed by atoms with Crippen molar-refractivity contribution in [3.63, 3.8) is 0 Å². The van der Waals surface area contributed by atoms with Crippen LogP contribution in [0.15, 0.2) is 78.9 Å². The number of para-hydroxylation sites is 1. The van der Waals surface area contributed by atoms with Crippen molar-refractivity contribution in [3.8, 4) is 11.5 Å². The van der Waals surface area contributed by atoms with Gasteiger partial charge in [-0.05, 0) is 54.1 Å². The van der Waals surface area contributed by atoms with Crippen LogP contribution in [0.5, 0.6) is 11.5 Å². The highest BCUT2D eigenvalue weighted by Gasteiger charge is 2.34. The van der Waals surface area contributed by atoms with Crippen LogP contribution in [0.25, 0.3) is 0 Å². The first-order valence-electron chi connectivity index (χ1n) is 8.23. The first-order valence-corrected chi connectivity index (χ1v) is 9.28. The van der Waals surface area contributed by atoms with Crippen LogP contribution < -0.4 is 9.64 Å². The van der Waals surface area contributed by atoms with Gasteiger partial charge in [0.2, 0.25) is 5.91 Å². The third-order valence-corrected chi connectivity index (χ3v) is 5.31. The van der Waals surface area contributed by atoms with Crippen molar-refractivity contribution in [1.29, 1.82) is 0 Å². The minimum Gasteiger partial charge on any atom is -0.457 e. The molecule has 130 valence electrons. The number of amides is 1. The molecule has 1 atom stereocenters. The van der Waals surface area contributed by atoms with Gasteiger partial charge in [-0.2, -0.15) is 0 Å². The number of rotatable bonds is 4. The Kier molecular flexibility index (Phi) is 4.63. The van der Waals surface area contributed by atoms with Crippen molar-refractivity contribution < 1.29 is 13.9 Å². The molecule has 1 aliphatic heterocycles. The van der Waals surface area contributed by atoms with E-state index in [0.717, 1.165) is 17.0 Å². The maximum Gasteiger partial charge on any atom is 0.238 e. The van der Waals surface area contributed by atoms with Gasteiger partial charge in [0.25, 0.3) is 0 Å². The summed E-state index contributed by atoms with van der Waals surface area (Å²) >= 11 is 1.50. The topological polar surface area (TPSA) is 29.5 Å². The lowest BCUT2D eigenvalue weighted by Crippen LogP contribution is -2.27. The number of anilines is 1. The van der Waals surface area contributed by atoms with E-state index in [2.05, 4.69) is 0 Å². The number of hydrogen-bond acceptors (Lipinski definition) is 3. The molecule has 1 aliphatic rings. The highest BCUT2D eigenvalue weighted by Crippen LogP contribution is 2.42. The van der Waals surface area contributed by atoms with Crippen LogP contribution >= 0.6 is 11.8 Å². The maximum absolute atomic E-state index is 13.6. The van der Waals surface area contributed by atoms with Gasteiger partial charge < -0.3 is 4.74 Å². The Balaban J connectivity index is 1.58. The van der Waals surface area contributed by atoms with Crippen molar-refractivity contribution >= 4 is 23.4 Å². The molecule has 1 fully saturated rings. The van der Waals surface area contributed by atoms with E-state index >= 15 is 0 Å². The average Bonchev–Trinajstić information content (AvgIpc) is 3.05. The van der Waals surface area contributed by atoms with Crippen LogP contribution in [0.4, 0.5) is 10.1 Å². The molecule has 0 aliphatic carbocycles. The molecule has 4 rings (SSSR count). The second-order valence-corrected chi connectivity index (χ2v) is 6.96. The fraction of sp³-hybridized carbons (Fsp3) is 0.0952. The molecule has 26 heavy (non-hydrogen) atoms. The van der Waals surface area contributed by atoms with Gasteiger partial charge in [-0.1, -0.05) is 30.3 Å². The number of carbonyl (C=O) groups is 1. The highest BCUT2D eigenvalue weighted by molar-refractivity contribution is 8.00. The summed E-state index contributed by atoms with van der Waals surface area (Å²) in [6, 6.07) is 23.3. The van der Waals surface area contributed by atoms with E-state index in [4.69, 9.17) is 4.74 Å². The van der Waals surface area contributed by atoms with E-state index in [9.17, 15) is 9.18 Å². The molecule has 0 N–H and O–H groups in total. The molecule has 1 amide bonds. The molecule has 3 nitrogen and oxygen atoms in total. The number of carbonyl (C=O) groups excluding carboxylic acids is 1. The molecule has 0 radical (unpaired) electrons. The van der Waals surface area contributed by atoms with E-state index in [1.165, 1.54) is 23.9 Å². The van der Waals surface area contributed by atoms with Crippen LogP contribution in [0.1, 0.15) is 10.9 Å². The summed E-state index contributed by atoms with van der Waals surface area (Å²) in [5, 5.41) is -0.223. The molecule has 1 heterocycles. The lowest BCUT2D eigenvalue weighted by molar-refractivity contribution is -0.115. The van der Waals surface area contributed by atoms with Gasteiger partial charge in [-0.3, -0.25) is 9.69 Å². The van der Waals surface area contributed by atoms with Crippen LogP contribution in [0.2, 0.25) is 0 Å². The summed E-state index contributed by atoms with van der Waals surface area (Å²) < 4.78 is 19.4. The van der Waals surface area contributed by atoms with E-state index in [-0.39, 0.29) is 17.1 Å². The van der Waals surface area contributed by atoms with Gasteiger partial charge in [0.05, 0.1) is 5.75 Å². The predicted octanol–water partition coefficient (Wildman–Crippen LogP) is 5.40. The first kappa shape index (κ1) is 16.7. The largest absolute Gasteiger partial charge is 0.457 e. The van der Waals surface area contributed by atoms with E-state index in [0.29, 0.717) is 11.5 Å². The number of ether oxygens (including phenoxy) is 1. The van der Waals surface area contributed by atoms with Crippen molar-refractivity contribution in [2.45, 2.75) is 5.37 Å². The zero-order valence-corrected chi connectivity index (χ0v) is 14.7. The molecule has 1 saturated heterocycles. The van der Waals surface area contributed by atoms with Gasteiger partial charge in [0.1, 0.15) is 22.7 Å². The minimum absolute atomic E-state index is 0.0148. The summed E-state index contributed by atoms with van der Waals surface area (Å²) in [6.07, 6.45) is 0. The highest BCUT2D eigenvalue weighted by atomic mass is 32.2. The van der Waals surface area contributed by atoms with Crippen molar-refractivity contribution in [1.82, 2.24) is 0 Å². The summed E-state index contributed by atoms with van der Waals surface area (Å²) in [5.41, 5.74) is 1.56. The smallest absolute Gasteiger partial charge is 0.238 e. The number of nitrogens with zero attached hydrogens (tertiary/aromatic N) is 1. The van der Waals surface area contributed by atoms with E-state index in [1.807, 2.05) is 60.7 Å². The maximum atomic E-state index is 13.6. The molecular formula is C21H16FNO2S. The average molecular weight is 365 g/mol. The van der Waals surface area contributed by atoms with Crippen molar-refractivity contribution in [2.24, 2.45) is 0 Å². The Hall–Kier alpha value is -2.79. The molecule has 0 spiro atoms. The zero-order valence-electron chi connectivity index (χ0n) is 13.8. The van der Waals surface area contributed by atoms with Crippen LogP contribution in [0, 0.1) is 5.82 Å². The fourth-order valence-corrected chi connectivity index (χ4v) is 4.08. The van der Waals surface area contributed by atoms with Crippen molar-refractivity contribution in [2.75, 3.05) is 10.7 Å². The number of hydrogen-bond donors (Lipinski definition) is 0. The van der Waals surface area contributed by atoms with Crippen LogP contribution in [-0.4, -0.2) is 11.7 Å². The fourth-order valence-electron chi connectivity index (χ4n) is 2.91. The Morgan fingerprint density at radius 2 is 1.65 bits per heavy atom. The molecule has 0 aromatic heterocycles. The van der Waals surface area contributed by atoms with Crippen LogP contribution in [-0.2, 0) is 4.79 Å². The number of benzene rings is 3. The van der Waals surface area contributed by atoms with Crippen LogP contribution in [0.3, 0.4) is 0 Å². The summed E-state index contributed by atoms with van der Waals surface area (Å²) in [7, 11) is 0. The molecule has 3 aromatic rings. The quantitative estimate of drug-likeness (QED) is 0.620. The van der Waals surface area contributed by atoms with Gasteiger partial charge >= 0.3 is 0 Å². The van der Waals surface area contributed by atoms with E-state index in [1.54, 1.807) is 11.0 Å². The lowest BCUT2D eigenvalue weighted by atomic mass is 10.2. The predicted molar refractivity (Wildman–Crippen MR) is 102 cm³/mol. The van der Waals surface area contributed by atoms with Gasteiger partial charge in [-0.15, -0.1) is 11.8 Å². The molecule has 5 heteroatoms. The summed E-state index contributed by atoms with van der Waals surface area (Å²) in [6.45, 7) is 0. The van der Waals surface area contributed by atoms with Gasteiger partial charge in [0, 0.05) is 5.69 Å². The standard InChI is InChI=1S/C21H16FNO2S/c22-16-6-4-5-15(13-16)21-23(20(24)14-26-21)17-9-11-19(12-10-17)25-18-7-2-1-3-8-18/h1-13,21H,14H2/t21-/m0/s1. The monoisotopic (exact) mass is 365 g/mol. The second kappa shape index (κ2) is 7.22. The Morgan fingerprint density at radius 1 is 0.923 bits per heavy atom. The third-order valence-electron chi connectivity index (χ3n) is 4.10. The molecular weight excluding hydrogens is 349 g/mol. The molecule has 3 aromatic carbocycles. The first-order chi connectivity index (χ1) is 12.7. The number of thioether (sulfide) groups is 1. The van der Waals surface area contributed by atoms with E-state index < -0.39 is 0 Å². The summed E-state index contributed by atoms with van der Waals surface area (Å²) in [5.74, 6) is 1.55. The Morgan fingerprint density at radius 3 is 2.38 bits per heavy atom. The lowest BCUT2D eigenvalue weighted by Gasteiger charge is -2.24. The Bertz CT molecular complexity index is 915. The molecule has 0 saturated carbocycles. The minimum atomic E-state index is -0.297. The van der Waals surface area contributed by atoms with Crippen molar-refractivity contribution in [3.05, 3.63) is 90.2 Å². The molecule has 0 unspecified atom stereocenters. The normalized spacial score (nSPS) is 16.7. The second-order valence-electron chi connectivity index (χ2n) is 5.89. The van der Waals surface area contributed by atoms with Gasteiger partial charge in [-0.25, -0.2) is 4.39 Å². The third kappa shape index (κ3) is 3.44. The SMILES string of the molecule is O=C1CS[C@@H](c2cccc(F)c2)N1c1ccc(Oc2ccccc2)cc1. The molecule has 0 bridgehead atoms. The zero-order chi connectivity index (χ0) is 17.9. The summed E-state index contributed by atoms with van der Waals surface area (Å²) in [4.78, 5) is 14.1. The number of halogens is 1. The van der Waals surface area contributed by atoms with Gasteiger partial charge in [0.15, 0.2) is 0 Å².